The van der Waals surface area contributed by atoms with Gasteiger partial charge in [-0.2, -0.15) is 0 Å². The van der Waals surface area contributed by atoms with Crippen molar-refractivity contribution in [2.75, 3.05) is 12.4 Å². The van der Waals surface area contributed by atoms with E-state index >= 15 is 0 Å². The van der Waals surface area contributed by atoms with Crippen molar-refractivity contribution in [1.29, 1.82) is 0 Å². The maximum atomic E-state index is 13.1. The summed E-state index contributed by atoms with van der Waals surface area (Å²) in [5.41, 5.74) is -0.194. The van der Waals surface area contributed by atoms with Gasteiger partial charge in [-0.3, -0.25) is 0 Å². The van der Waals surface area contributed by atoms with E-state index in [1.165, 1.54) is 4.90 Å². The van der Waals surface area contributed by atoms with E-state index in [0.717, 1.165) is 24.6 Å². The van der Waals surface area contributed by atoms with Crippen LogP contribution in [-0.4, -0.2) is 35.1 Å². The molecule has 2 amide bonds. The number of aromatic carboxylic acids is 1. The van der Waals surface area contributed by atoms with Gasteiger partial charge in [0.15, 0.2) is 0 Å². The molecular weight excluding hydrogens is 251 g/mol. The van der Waals surface area contributed by atoms with Gasteiger partial charge < -0.3 is 15.3 Å². The lowest BCUT2D eigenvalue weighted by Crippen LogP contribution is -2.38. The molecule has 0 aliphatic rings. The number of carboxylic acid groups (broad SMARTS) is 1. The highest BCUT2D eigenvalue weighted by molar-refractivity contribution is 6.00. The number of carbonyl (C=O) groups excluding carboxylic acids is 1. The molecule has 104 valence electrons. The van der Waals surface area contributed by atoms with Crippen LogP contribution in [0.5, 0.6) is 0 Å². The Bertz CT molecular complexity index is 491. The first-order valence-electron chi connectivity index (χ1n) is 5.93. The van der Waals surface area contributed by atoms with Crippen molar-refractivity contribution in [2.24, 2.45) is 0 Å². The SMILES string of the molecule is CCC(C)N(C)C(=O)Nc1cc(F)ccc1C(=O)O. The maximum Gasteiger partial charge on any atom is 0.337 e. The molecule has 1 rings (SSSR count). The predicted molar refractivity (Wildman–Crippen MR) is 69.9 cm³/mol. The van der Waals surface area contributed by atoms with Crippen molar-refractivity contribution in [3.05, 3.63) is 29.6 Å². The molecule has 0 spiro atoms. The van der Waals surface area contributed by atoms with Gasteiger partial charge in [0, 0.05) is 13.1 Å². The minimum atomic E-state index is -1.22. The smallest absolute Gasteiger partial charge is 0.337 e. The first kappa shape index (κ1) is 14.9. The lowest BCUT2D eigenvalue weighted by molar-refractivity contribution is 0.0698. The van der Waals surface area contributed by atoms with Crippen LogP contribution in [0.2, 0.25) is 0 Å². The van der Waals surface area contributed by atoms with E-state index in [9.17, 15) is 14.0 Å². The zero-order valence-corrected chi connectivity index (χ0v) is 11.1. The largest absolute Gasteiger partial charge is 0.478 e. The third kappa shape index (κ3) is 3.67. The molecule has 0 radical (unpaired) electrons. The van der Waals surface area contributed by atoms with Crippen molar-refractivity contribution in [1.82, 2.24) is 4.90 Å². The average Bonchev–Trinajstić information content (AvgIpc) is 2.36. The summed E-state index contributed by atoms with van der Waals surface area (Å²) in [5, 5.41) is 11.4. The lowest BCUT2D eigenvalue weighted by atomic mass is 10.1. The molecule has 0 aliphatic carbocycles. The number of hydrogen-bond donors (Lipinski definition) is 2. The summed E-state index contributed by atoms with van der Waals surface area (Å²) in [6.07, 6.45) is 0.763. The van der Waals surface area contributed by atoms with E-state index in [0.29, 0.717) is 0 Å². The van der Waals surface area contributed by atoms with Crippen molar-refractivity contribution in [3.8, 4) is 0 Å². The van der Waals surface area contributed by atoms with E-state index in [2.05, 4.69) is 5.32 Å². The van der Waals surface area contributed by atoms with Gasteiger partial charge in [0.25, 0.3) is 0 Å². The van der Waals surface area contributed by atoms with Crippen LogP contribution in [-0.2, 0) is 0 Å². The van der Waals surface area contributed by atoms with E-state index in [1.807, 2.05) is 13.8 Å². The van der Waals surface area contributed by atoms with Gasteiger partial charge in [-0.15, -0.1) is 0 Å². The van der Waals surface area contributed by atoms with Crippen molar-refractivity contribution in [2.45, 2.75) is 26.3 Å². The maximum absolute atomic E-state index is 13.1. The standard InChI is InChI=1S/C13H17FN2O3/c1-4-8(2)16(3)13(19)15-11-7-9(14)5-6-10(11)12(17)18/h5-8H,4H2,1-3H3,(H,15,19)(H,17,18). The first-order chi connectivity index (χ1) is 8.86. The fourth-order valence-corrected chi connectivity index (χ4v) is 1.48. The number of carbonyl (C=O) groups is 2. The molecule has 0 heterocycles. The number of rotatable bonds is 4. The topological polar surface area (TPSA) is 69.6 Å². The first-order valence-corrected chi connectivity index (χ1v) is 5.93. The van der Waals surface area contributed by atoms with E-state index in [4.69, 9.17) is 5.11 Å². The van der Waals surface area contributed by atoms with Crippen LogP contribution in [0.1, 0.15) is 30.6 Å². The van der Waals surface area contributed by atoms with Crippen molar-refractivity contribution >= 4 is 17.7 Å². The molecule has 5 nitrogen and oxygen atoms in total. The zero-order chi connectivity index (χ0) is 14.6. The third-order valence-corrected chi connectivity index (χ3v) is 3.03. The molecule has 0 aliphatic heterocycles. The fraction of sp³-hybridized carbons (Fsp3) is 0.385. The van der Waals surface area contributed by atoms with Crippen molar-refractivity contribution < 1.29 is 19.1 Å². The minimum absolute atomic E-state index is 0.00170. The molecule has 1 atom stereocenters. The fourth-order valence-electron chi connectivity index (χ4n) is 1.48. The molecule has 1 aromatic carbocycles. The quantitative estimate of drug-likeness (QED) is 0.882. The number of carboxylic acids is 1. The number of hydrogen-bond acceptors (Lipinski definition) is 2. The Labute approximate surface area is 111 Å². The highest BCUT2D eigenvalue weighted by atomic mass is 19.1. The number of nitrogens with zero attached hydrogens (tertiary/aromatic N) is 1. The zero-order valence-electron chi connectivity index (χ0n) is 11.1. The molecule has 2 N–H and O–H groups in total. The van der Waals surface area contributed by atoms with Gasteiger partial charge in [-0.1, -0.05) is 6.92 Å². The van der Waals surface area contributed by atoms with Crippen LogP contribution < -0.4 is 5.32 Å². The summed E-state index contributed by atoms with van der Waals surface area (Å²) in [7, 11) is 1.60. The number of amides is 2. The number of benzene rings is 1. The molecular formula is C13H17FN2O3. The van der Waals surface area contributed by atoms with Crippen molar-refractivity contribution in [3.63, 3.8) is 0 Å². The Hall–Kier alpha value is -2.11. The molecule has 0 saturated carbocycles. The molecule has 1 aromatic rings. The van der Waals surface area contributed by atoms with E-state index < -0.39 is 17.8 Å². The van der Waals surface area contributed by atoms with Gasteiger partial charge in [0.1, 0.15) is 5.82 Å². The van der Waals surface area contributed by atoms with Crippen LogP contribution in [0.25, 0.3) is 0 Å². The Balaban J connectivity index is 2.95. The van der Waals surface area contributed by atoms with Gasteiger partial charge >= 0.3 is 12.0 Å². The normalized spacial score (nSPS) is 11.8. The van der Waals surface area contributed by atoms with Crippen LogP contribution in [0.3, 0.4) is 0 Å². The van der Waals surface area contributed by atoms with Crippen LogP contribution >= 0.6 is 0 Å². The summed E-state index contributed by atoms with van der Waals surface area (Å²) in [4.78, 5) is 24.3. The highest BCUT2D eigenvalue weighted by Gasteiger charge is 2.18. The minimum Gasteiger partial charge on any atom is -0.478 e. The van der Waals surface area contributed by atoms with Gasteiger partial charge in [-0.05, 0) is 31.5 Å². The van der Waals surface area contributed by atoms with Crippen LogP contribution in [0.4, 0.5) is 14.9 Å². The average molecular weight is 268 g/mol. The molecule has 0 bridgehead atoms. The summed E-state index contributed by atoms with van der Waals surface area (Å²) in [6, 6.07) is 2.68. The third-order valence-electron chi connectivity index (χ3n) is 3.03. The van der Waals surface area contributed by atoms with Gasteiger partial charge in [-0.25, -0.2) is 14.0 Å². The van der Waals surface area contributed by atoms with E-state index in [-0.39, 0.29) is 17.3 Å². The monoisotopic (exact) mass is 268 g/mol. The lowest BCUT2D eigenvalue weighted by Gasteiger charge is -2.24. The second kappa shape index (κ2) is 6.17. The predicted octanol–water partition coefficient (Wildman–Crippen LogP) is 2.79. The van der Waals surface area contributed by atoms with Crippen LogP contribution in [0.15, 0.2) is 18.2 Å². The summed E-state index contributed by atoms with van der Waals surface area (Å²) < 4.78 is 13.1. The molecule has 0 fully saturated rings. The Kier molecular flexibility index (Phi) is 4.86. The number of halogens is 1. The highest BCUT2D eigenvalue weighted by Crippen LogP contribution is 2.18. The van der Waals surface area contributed by atoms with Crippen LogP contribution in [0, 0.1) is 5.82 Å². The molecule has 6 heteroatoms. The second-order valence-corrected chi connectivity index (χ2v) is 4.29. The second-order valence-electron chi connectivity index (χ2n) is 4.29. The summed E-state index contributed by atoms with van der Waals surface area (Å²) in [5.74, 6) is -1.83. The van der Waals surface area contributed by atoms with E-state index in [1.54, 1.807) is 7.05 Å². The molecule has 0 aromatic heterocycles. The molecule has 1 unspecified atom stereocenters. The molecule has 19 heavy (non-hydrogen) atoms. The summed E-state index contributed by atoms with van der Waals surface area (Å²) in [6.45, 7) is 3.79. The van der Waals surface area contributed by atoms with Gasteiger partial charge in [0.2, 0.25) is 0 Å². The molecule has 0 saturated heterocycles. The number of nitrogens with one attached hydrogen (secondary N) is 1. The number of urea groups is 1. The Morgan fingerprint density at radius 1 is 1.47 bits per heavy atom. The summed E-state index contributed by atoms with van der Waals surface area (Å²) >= 11 is 0. The van der Waals surface area contributed by atoms with Gasteiger partial charge in [0.05, 0.1) is 11.3 Å². The number of anilines is 1. The Morgan fingerprint density at radius 2 is 2.11 bits per heavy atom. The Morgan fingerprint density at radius 3 is 2.63 bits per heavy atom.